The Labute approximate surface area is 159 Å². The molecular weight excluding hydrogens is 334 g/mol. The standard InChI is InChI=1S/C23H25N3O/c1-16(17-11-13-19(14-12-17)18-7-3-2-4-8-18)25-26-23(27)21-15-24-22-10-6-5-9-20(21)22/h5-6,9-15,18,24H,2-4,7-8H2,1H3,(H,26,27)/b25-16+. The fourth-order valence-electron chi connectivity index (χ4n) is 3.95. The van der Waals surface area contributed by atoms with Gasteiger partial charge >= 0.3 is 0 Å². The zero-order chi connectivity index (χ0) is 18.6. The third kappa shape index (κ3) is 3.80. The van der Waals surface area contributed by atoms with Crippen LogP contribution in [0.4, 0.5) is 0 Å². The van der Waals surface area contributed by atoms with Gasteiger partial charge in [-0.15, -0.1) is 0 Å². The quantitative estimate of drug-likeness (QED) is 0.477. The van der Waals surface area contributed by atoms with Crippen LogP contribution in [0.5, 0.6) is 0 Å². The Balaban J connectivity index is 1.45. The van der Waals surface area contributed by atoms with Gasteiger partial charge in [0.15, 0.2) is 0 Å². The van der Waals surface area contributed by atoms with E-state index in [9.17, 15) is 4.79 Å². The summed E-state index contributed by atoms with van der Waals surface area (Å²) in [6.45, 7) is 1.92. The SMILES string of the molecule is C/C(=N\NC(=O)c1c[nH]c2ccccc12)c1ccc(C2CCCCC2)cc1. The molecule has 1 aliphatic carbocycles. The van der Waals surface area contributed by atoms with E-state index in [1.165, 1.54) is 37.7 Å². The first-order chi connectivity index (χ1) is 13.2. The number of H-pyrrole nitrogens is 1. The number of para-hydroxylation sites is 1. The van der Waals surface area contributed by atoms with E-state index in [1.807, 2.05) is 31.2 Å². The van der Waals surface area contributed by atoms with Crippen molar-refractivity contribution in [3.63, 3.8) is 0 Å². The highest BCUT2D eigenvalue weighted by molar-refractivity contribution is 6.07. The Kier molecular flexibility index (Phi) is 5.05. The fraction of sp³-hybridized carbons (Fsp3) is 0.304. The number of nitrogens with zero attached hydrogens (tertiary/aromatic N) is 1. The predicted molar refractivity (Wildman–Crippen MR) is 110 cm³/mol. The van der Waals surface area contributed by atoms with Crippen LogP contribution in [0.2, 0.25) is 0 Å². The van der Waals surface area contributed by atoms with E-state index in [0.29, 0.717) is 11.5 Å². The molecule has 27 heavy (non-hydrogen) atoms. The maximum Gasteiger partial charge on any atom is 0.273 e. The van der Waals surface area contributed by atoms with Crippen molar-refractivity contribution in [3.05, 3.63) is 71.4 Å². The summed E-state index contributed by atoms with van der Waals surface area (Å²) in [6, 6.07) is 16.4. The van der Waals surface area contributed by atoms with Crippen LogP contribution in [0.3, 0.4) is 0 Å². The van der Waals surface area contributed by atoms with Crippen LogP contribution in [-0.4, -0.2) is 16.6 Å². The number of rotatable bonds is 4. The molecule has 0 unspecified atom stereocenters. The fourth-order valence-corrected chi connectivity index (χ4v) is 3.95. The van der Waals surface area contributed by atoms with Crippen molar-refractivity contribution in [2.75, 3.05) is 0 Å². The molecule has 3 aromatic rings. The van der Waals surface area contributed by atoms with Crippen molar-refractivity contribution in [2.24, 2.45) is 5.10 Å². The average molecular weight is 359 g/mol. The molecule has 2 N–H and O–H groups in total. The molecule has 4 heteroatoms. The summed E-state index contributed by atoms with van der Waals surface area (Å²) in [7, 11) is 0. The van der Waals surface area contributed by atoms with Gasteiger partial charge in [-0.2, -0.15) is 5.10 Å². The van der Waals surface area contributed by atoms with Gasteiger partial charge in [-0.1, -0.05) is 61.7 Å². The second kappa shape index (κ2) is 7.78. The van der Waals surface area contributed by atoms with E-state index < -0.39 is 0 Å². The van der Waals surface area contributed by atoms with Gasteiger partial charge in [0.2, 0.25) is 0 Å². The van der Waals surface area contributed by atoms with Crippen LogP contribution in [0.25, 0.3) is 10.9 Å². The number of aromatic nitrogens is 1. The first-order valence-corrected chi connectivity index (χ1v) is 9.73. The maximum atomic E-state index is 12.5. The summed E-state index contributed by atoms with van der Waals surface area (Å²) in [4.78, 5) is 15.6. The molecule has 1 heterocycles. The summed E-state index contributed by atoms with van der Waals surface area (Å²) in [5.74, 6) is 0.497. The second-order valence-corrected chi connectivity index (χ2v) is 7.34. The van der Waals surface area contributed by atoms with Gasteiger partial charge in [-0.3, -0.25) is 4.79 Å². The van der Waals surface area contributed by atoms with Gasteiger partial charge in [-0.25, -0.2) is 5.43 Å². The van der Waals surface area contributed by atoms with Crippen LogP contribution >= 0.6 is 0 Å². The molecule has 1 aliphatic rings. The molecule has 1 fully saturated rings. The smallest absolute Gasteiger partial charge is 0.273 e. The van der Waals surface area contributed by atoms with Gasteiger partial charge in [0.05, 0.1) is 11.3 Å². The summed E-state index contributed by atoms with van der Waals surface area (Å²) < 4.78 is 0. The van der Waals surface area contributed by atoms with E-state index in [2.05, 4.69) is 39.8 Å². The molecule has 0 saturated heterocycles. The number of carbonyl (C=O) groups excluding carboxylic acids is 1. The van der Waals surface area contributed by atoms with Gasteiger partial charge in [-0.05, 0) is 42.9 Å². The van der Waals surface area contributed by atoms with Gasteiger partial charge in [0.1, 0.15) is 0 Å². The number of hydrazone groups is 1. The zero-order valence-electron chi connectivity index (χ0n) is 15.7. The Hall–Kier alpha value is -2.88. The van der Waals surface area contributed by atoms with Gasteiger partial charge in [0.25, 0.3) is 5.91 Å². The summed E-state index contributed by atoms with van der Waals surface area (Å²) in [5.41, 5.74) is 7.50. The summed E-state index contributed by atoms with van der Waals surface area (Å²) >= 11 is 0. The molecule has 4 rings (SSSR count). The van der Waals surface area contributed by atoms with Crippen LogP contribution in [0, 0.1) is 0 Å². The van der Waals surface area contributed by atoms with Crippen LogP contribution in [-0.2, 0) is 0 Å². The number of nitrogens with one attached hydrogen (secondary N) is 2. The van der Waals surface area contributed by atoms with Gasteiger partial charge in [0, 0.05) is 17.1 Å². The van der Waals surface area contributed by atoms with Crippen molar-refractivity contribution in [1.29, 1.82) is 0 Å². The molecular formula is C23H25N3O. The van der Waals surface area contributed by atoms with Crippen molar-refractivity contribution in [1.82, 2.24) is 10.4 Å². The minimum atomic E-state index is -0.203. The monoisotopic (exact) mass is 359 g/mol. The zero-order valence-corrected chi connectivity index (χ0v) is 15.7. The third-order valence-electron chi connectivity index (χ3n) is 5.56. The van der Waals surface area contributed by atoms with Crippen molar-refractivity contribution >= 4 is 22.5 Å². The molecule has 0 spiro atoms. The molecule has 0 atom stereocenters. The molecule has 1 aromatic heterocycles. The lowest BCUT2D eigenvalue weighted by molar-refractivity contribution is 0.0956. The third-order valence-corrected chi connectivity index (χ3v) is 5.56. The molecule has 0 aliphatic heterocycles. The van der Waals surface area contributed by atoms with E-state index in [1.54, 1.807) is 6.20 Å². The Morgan fingerprint density at radius 2 is 1.78 bits per heavy atom. The second-order valence-electron chi connectivity index (χ2n) is 7.34. The number of carbonyl (C=O) groups is 1. The first kappa shape index (κ1) is 17.5. The molecule has 138 valence electrons. The largest absolute Gasteiger partial charge is 0.360 e. The molecule has 1 amide bonds. The molecule has 2 aromatic carbocycles. The highest BCUT2D eigenvalue weighted by Crippen LogP contribution is 2.32. The Bertz CT molecular complexity index is 963. The molecule has 0 radical (unpaired) electrons. The van der Waals surface area contributed by atoms with Crippen molar-refractivity contribution < 1.29 is 4.79 Å². The number of hydrogen-bond donors (Lipinski definition) is 2. The molecule has 4 nitrogen and oxygen atoms in total. The lowest BCUT2D eigenvalue weighted by Crippen LogP contribution is -2.19. The van der Waals surface area contributed by atoms with Crippen LogP contribution in [0.1, 0.15) is 66.4 Å². The lowest BCUT2D eigenvalue weighted by atomic mass is 9.84. The molecule has 1 saturated carbocycles. The Morgan fingerprint density at radius 3 is 2.56 bits per heavy atom. The van der Waals surface area contributed by atoms with Crippen LogP contribution < -0.4 is 5.43 Å². The minimum absolute atomic E-state index is 0.203. The normalized spacial score (nSPS) is 15.8. The van der Waals surface area contributed by atoms with E-state index >= 15 is 0 Å². The average Bonchev–Trinajstić information content (AvgIpc) is 3.17. The number of hydrogen-bond acceptors (Lipinski definition) is 2. The van der Waals surface area contributed by atoms with E-state index in [-0.39, 0.29) is 5.91 Å². The topological polar surface area (TPSA) is 57.2 Å². The first-order valence-electron chi connectivity index (χ1n) is 9.73. The van der Waals surface area contributed by atoms with Crippen molar-refractivity contribution in [2.45, 2.75) is 44.9 Å². The number of fused-ring (bicyclic) bond motifs is 1. The summed E-state index contributed by atoms with van der Waals surface area (Å²) in [5, 5.41) is 5.21. The van der Waals surface area contributed by atoms with Crippen molar-refractivity contribution in [3.8, 4) is 0 Å². The number of amides is 1. The number of benzene rings is 2. The van der Waals surface area contributed by atoms with Gasteiger partial charge < -0.3 is 4.98 Å². The van der Waals surface area contributed by atoms with Crippen LogP contribution in [0.15, 0.2) is 59.8 Å². The van der Waals surface area contributed by atoms with E-state index in [4.69, 9.17) is 0 Å². The maximum absolute atomic E-state index is 12.5. The predicted octanol–water partition coefficient (Wildman–Crippen LogP) is 5.37. The highest BCUT2D eigenvalue weighted by Gasteiger charge is 2.15. The highest BCUT2D eigenvalue weighted by atomic mass is 16.2. The number of aromatic amines is 1. The Morgan fingerprint density at radius 1 is 1.04 bits per heavy atom. The van der Waals surface area contributed by atoms with E-state index in [0.717, 1.165) is 22.2 Å². The lowest BCUT2D eigenvalue weighted by Gasteiger charge is -2.22. The molecule has 0 bridgehead atoms. The minimum Gasteiger partial charge on any atom is -0.360 e. The summed E-state index contributed by atoms with van der Waals surface area (Å²) in [6.07, 6.45) is 8.38.